The standard InChI is InChI=1S/C21H31BrN4/c1-15-13-16(2)26-20(22)19(24-21(26)23-15)14-25(17-9-5-3-6-10-17)18-11-7-4-8-12-18/h13,17-18H,3-12,14H2,1-2H3. The molecule has 0 aliphatic heterocycles. The first kappa shape index (κ1) is 18.4. The molecular weight excluding hydrogens is 388 g/mol. The minimum Gasteiger partial charge on any atom is -0.292 e. The van der Waals surface area contributed by atoms with Gasteiger partial charge in [0.2, 0.25) is 5.78 Å². The molecule has 0 atom stereocenters. The van der Waals surface area contributed by atoms with E-state index >= 15 is 0 Å². The molecule has 5 heteroatoms. The summed E-state index contributed by atoms with van der Waals surface area (Å²) in [5, 5.41) is 0. The van der Waals surface area contributed by atoms with E-state index in [0.717, 1.165) is 40.4 Å². The van der Waals surface area contributed by atoms with E-state index in [1.165, 1.54) is 69.9 Å². The van der Waals surface area contributed by atoms with Gasteiger partial charge in [0.15, 0.2) is 0 Å². The molecule has 0 radical (unpaired) electrons. The highest BCUT2D eigenvalue weighted by molar-refractivity contribution is 9.10. The number of rotatable bonds is 4. The van der Waals surface area contributed by atoms with E-state index in [4.69, 9.17) is 4.98 Å². The van der Waals surface area contributed by atoms with Crippen molar-refractivity contribution in [3.05, 3.63) is 27.8 Å². The fourth-order valence-electron chi connectivity index (χ4n) is 5.03. The number of fused-ring (bicyclic) bond motifs is 1. The first-order valence-electron chi connectivity index (χ1n) is 10.4. The van der Waals surface area contributed by atoms with Gasteiger partial charge in [-0.2, -0.15) is 0 Å². The Morgan fingerprint density at radius 1 is 0.962 bits per heavy atom. The molecule has 2 saturated carbocycles. The number of hydrogen-bond donors (Lipinski definition) is 0. The Balaban J connectivity index is 1.65. The largest absolute Gasteiger partial charge is 0.292 e. The fourth-order valence-corrected chi connectivity index (χ4v) is 5.69. The summed E-state index contributed by atoms with van der Waals surface area (Å²) < 4.78 is 3.25. The molecule has 0 saturated heterocycles. The van der Waals surface area contributed by atoms with Crippen LogP contribution in [0.3, 0.4) is 0 Å². The lowest BCUT2D eigenvalue weighted by Gasteiger charge is -2.41. The minimum absolute atomic E-state index is 0.736. The van der Waals surface area contributed by atoms with Crippen LogP contribution in [0.15, 0.2) is 10.7 Å². The third-order valence-electron chi connectivity index (χ3n) is 6.34. The zero-order valence-corrected chi connectivity index (χ0v) is 17.8. The summed E-state index contributed by atoms with van der Waals surface area (Å²) in [6.45, 7) is 5.14. The molecule has 0 bridgehead atoms. The maximum atomic E-state index is 4.93. The zero-order valence-electron chi connectivity index (χ0n) is 16.2. The topological polar surface area (TPSA) is 33.4 Å². The second-order valence-corrected chi connectivity index (χ2v) is 9.03. The van der Waals surface area contributed by atoms with E-state index in [1.807, 2.05) is 6.92 Å². The van der Waals surface area contributed by atoms with Gasteiger partial charge in [-0.25, -0.2) is 9.97 Å². The van der Waals surface area contributed by atoms with Gasteiger partial charge < -0.3 is 0 Å². The van der Waals surface area contributed by atoms with Crippen molar-refractivity contribution in [2.24, 2.45) is 0 Å². The first-order valence-corrected chi connectivity index (χ1v) is 11.2. The van der Waals surface area contributed by atoms with Crippen LogP contribution in [-0.2, 0) is 6.54 Å². The predicted octanol–water partition coefficient (Wildman–Crippen LogP) is 5.58. The number of imidazole rings is 1. The van der Waals surface area contributed by atoms with Crippen molar-refractivity contribution >= 4 is 21.7 Å². The van der Waals surface area contributed by atoms with Crippen molar-refractivity contribution in [3.63, 3.8) is 0 Å². The number of halogens is 1. The molecule has 0 amide bonds. The maximum Gasteiger partial charge on any atom is 0.235 e. The fraction of sp³-hybridized carbons (Fsp3) is 0.714. The van der Waals surface area contributed by atoms with Crippen molar-refractivity contribution in [2.45, 2.75) is 96.7 Å². The van der Waals surface area contributed by atoms with Crippen molar-refractivity contribution in [3.8, 4) is 0 Å². The molecule has 2 aromatic rings. The number of nitrogens with zero attached hydrogens (tertiary/aromatic N) is 4. The summed E-state index contributed by atoms with van der Waals surface area (Å²) in [7, 11) is 0. The Bertz CT molecular complexity index is 739. The summed E-state index contributed by atoms with van der Waals surface area (Å²) in [4.78, 5) is 12.4. The number of aromatic nitrogens is 3. The third kappa shape index (κ3) is 3.70. The van der Waals surface area contributed by atoms with Gasteiger partial charge in [0.1, 0.15) is 4.60 Å². The molecule has 142 valence electrons. The quantitative estimate of drug-likeness (QED) is 0.649. The van der Waals surface area contributed by atoms with Crippen LogP contribution >= 0.6 is 15.9 Å². The molecule has 0 aromatic carbocycles. The summed E-state index contributed by atoms with van der Waals surface area (Å²) in [5.41, 5.74) is 3.39. The third-order valence-corrected chi connectivity index (χ3v) is 7.15. The molecule has 0 N–H and O–H groups in total. The highest BCUT2D eigenvalue weighted by Crippen LogP contribution is 2.32. The van der Waals surface area contributed by atoms with Crippen LogP contribution < -0.4 is 0 Å². The molecule has 2 aliphatic carbocycles. The van der Waals surface area contributed by atoms with E-state index in [1.54, 1.807) is 0 Å². The van der Waals surface area contributed by atoms with Crippen LogP contribution in [-0.4, -0.2) is 31.4 Å². The highest BCUT2D eigenvalue weighted by atomic mass is 79.9. The monoisotopic (exact) mass is 418 g/mol. The second kappa shape index (κ2) is 7.97. The smallest absolute Gasteiger partial charge is 0.235 e. The van der Waals surface area contributed by atoms with Gasteiger partial charge in [0.25, 0.3) is 0 Å². The molecular formula is C21H31BrN4. The molecule has 26 heavy (non-hydrogen) atoms. The Morgan fingerprint density at radius 3 is 2.12 bits per heavy atom. The maximum absolute atomic E-state index is 4.93. The summed E-state index contributed by atoms with van der Waals surface area (Å²) in [6.07, 6.45) is 13.8. The van der Waals surface area contributed by atoms with Crippen molar-refractivity contribution in [2.75, 3.05) is 0 Å². The van der Waals surface area contributed by atoms with E-state index in [-0.39, 0.29) is 0 Å². The molecule has 4 nitrogen and oxygen atoms in total. The Labute approximate surface area is 165 Å². The molecule has 0 spiro atoms. The lowest BCUT2D eigenvalue weighted by molar-refractivity contribution is 0.0718. The number of hydrogen-bond acceptors (Lipinski definition) is 3. The van der Waals surface area contributed by atoms with Crippen LogP contribution in [0.25, 0.3) is 5.78 Å². The Kier molecular flexibility index (Phi) is 5.65. The summed E-state index contributed by atoms with van der Waals surface area (Å²) in [5.74, 6) is 0.830. The van der Waals surface area contributed by atoms with Crippen molar-refractivity contribution in [1.82, 2.24) is 19.3 Å². The van der Waals surface area contributed by atoms with Gasteiger partial charge in [-0.1, -0.05) is 38.5 Å². The van der Waals surface area contributed by atoms with Gasteiger partial charge in [-0.3, -0.25) is 9.30 Å². The molecule has 2 aromatic heterocycles. The van der Waals surface area contributed by atoms with Gasteiger partial charge in [-0.15, -0.1) is 0 Å². The van der Waals surface area contributed by atoms with Gasteiger partial charge in [0.05, 0.1) is 5.69 Å². The molecule has 2 fully saturated rings. The Hall–Kier alpha value is -0.940. The SMILES string of the molecule is Cc1cc(C)n2c(Br)c(CN(C3CCCCC3)C3CCCCC3)nc2n1. The van der Waals surface area contributed by atoms with Crippen molar-refractivity contribution < 1.29 is 0 Å². The van der Waals surface area contributed by atoms with E-state index in [0.29, 0.717) is 0 Å². The van der Waals surface area contributed by atoms with Gasteiger partial charge in [0, 0.05) is 30.0 Å². The van der Waals surface area contributed by atoms with Gasteiger partial charge >= 0.3 is 0 Å². The van der Waals surface area contributed by atoms with E-state index < -0.39 is 0 Å². The summed E-state index contributed by atoms with van der Waals surface area (Å²) >= 11 is 3.84. The lowest BCUT2D eigenvalue weighted by Crippen LogP contribution is -2.44. The van der Waals surface area contributed by atoms with Crippen LogP contribution in [0.2, 0.25) is 0 Å². The van der Waals surface area contributed by atoms with Crippen LogP contribution in [0, 0.1) is 13.8 Å². The van der Waals surface area contributed by atoms with Crippen LogP contribution in [0.5, 0.6) is 0 Å². The van der Waals surface area contributed by atoms with E-state index in [2.05, 4.69) is 43.2 Å². The van der Waals surface area contributed by atoms with Crippen LogP contribution in [0.1, 0.15) is 81.3 Å². The minimum atomic E-state index is 0.736. The summed E-state index contributed by atoms with van der Waals surface area (Å²) in [6, 6.07) is 3.60. The first-order chi connectivity index (χ1) is 12.6. The lowest BCUT2D eigenvalue weighted by atomic mass is 9.88. The number of aryl methyl sites for hydroxylation is 2. The molecule has 4 rings (SSSR count). The average Bonchev–Trinajstić information content (AvgIpc) is 2.96. The molecule has 2 heterocycles. The molecule has 2 aliphatic rings. The van der Waals surface area contributed by atoms with Crippen LogP contribution in [0.4, 0.5) is 0 Å². The molecule has 0 unspecified atom stereocenters. The average molecular weight is 419 g/mol. The van der Waals surface area contributed by atoms with E-state index in [9.17, 15) is 0 Å². The zero-order chi connectivity index (χ0) is 18.1. The highest BCUT2D eigenvalue weighted by Gasteiger charge is 2.30. The normalized spacial score (nSPS) is 20.3. The second-order valence-electron chi connectivity index (χ2n) is 8.28. The Morgan fingerprint density at radius 2 is 1.54 bits per heavy atom. The predicted molar refractivity (Wildman–Crippen MR) is 109 cm³/mol. The van der Waals surface area contributed by atoms with Crippen molar-refractivity contribution in [1.29, 1.82) is 0 Å². The van der Waals surface area contributed by atoms with Gasteiger partial charge in [-0.05, 0) is 61.5 Å².